The van der Waals surface area contributed by atoms with Crippen molar-refractivity contribution in [2.75, 3.05) is 51.9 Å². The molecule has 37 heavy (non-hydrogen) atoms. The van der Waals surface area contributed by atoms with Crippen LogP contribution < -0.4 is 9.47 Å². The first kappa shape index (κ1) is 29.8. The molecule has 0 bridgehead atoms. The van der Waals surface area contributed by atoms with E-state index in [0.29, 0.717) is 41.3 Å². The summed E-state index contributed by atoms with van der Waals surface area (Å²) in [5, 5.41) is 11.0. The van der Waals surface area contributed by atoms with Crippen molar-refractivity contribution in [3.05, 3.63) is 57.6 Å². The summed E-state index contributed by atoms with van der Waals surface area (Å²) in [6.07, 6.45) is -1.18. The van der Waals surface area contributed by atoms with Crippen molar-refractivity contribution < 1.29 is 28.8 Å². The molecule has 2 aromatic rings. The van der Waals surface area contributed by atoms with E-state index in [-0.39, 0.29) is 19.1 Å². The molecular weight excluding hydrogens is 541 g/mol. The molecule has 1 aliphatic heterocycles. The number of hydrogen-bond acceptors (Lipinski definition) is 7. The fourth-order valence-electron chi connectivity index (χ4n) is 4.04. The van der Waals surface area contributed by atoms with E-state index in [4.69, 9.17) is 53.8 Å². The molecule has 1 N–H and O–H groups in total. The summed E-state index contributed by atoms with van der Waals surface area (Å²) in [6.45, 7) is 9.31. The van der Waals surface area contributed by atoms with Crippen LogP contribution in [0.3, 0.4) is 0 Å². The maximum atomic E-state index is 11.2. The molecule has 204 valence electrons. The molecule has 0 aliphatic carbocycles. The number of hydrogen-bond donors (Lipinski definition) is 1. The van der Waals surface area contributed by atoms with E-state index in [0.717, 1.165) is 24.2 Å². The van der Waals surface area contributed by atoms with Crippen LogP contribution in [0.25, 0.3) is 0 Å². The van der Waals surface area contributed by atoms with Gasteiger partial charge in [0, 0.05) is 32.0 Å². The molecule has 1 fully saturated rings. The van der Waals surface area contributed by atoms with Crippen molar-refractivity contribution in [3.8, 4) is 11.5 Å². The lowest BCUT2D eigenvalue weighted by molar-refractivity contribution is -0.146. The van der Waals surface area contributed by atoms with Crippen LogP contribution >= 0.6 is 34.8 Å². The van der Waals surface area contributed by atoms with Crippen molar-refractivity contribution >= 4 is 40.8 Å². The Morgan fingerprint density at radius 2 is 1.68 bits per heavy atom. The molecule has 0 aromatic heterocycles. The Labute approximate surface area is 233 Å². The van der Waals surface area contributed by atoms with Crippen LogP contribution in [0, 0.1) is 0 Å². The zero-order valence-electron chi connectivity index (χ0n) is 21.3. The quantitative estimate of drug-likeness (QED) is 0.284. The van der Waals surface area contributed by atoms with E-state index >= 15 is 0 Å². The highest BCUT2D eigenvalue weighted by Gasteiger charge is 2.26. The molecule has 2 aromatic carbocycles. The summed E-state index contributed by atoms with van der Waals surface area (Å²) >= 11 is 18.9. The van der Waals surface area contributed by atoms with Gasteiger partial charge in [0.1, 0.15) is 31.2 Å². The Balaban J connectivity index is 1.62. The topological polar surface area (TPSA) is 77.5 Å². The number of β-amino-alcohol motifs (C(OH)–C–C–N with tert-alkyl or cyclic N) is 1. The maximum absolute atomic E-state index is 11.2. The molecule has 1 saturated heterocycles. The standard InChI is InChI=1S/C27H34Cl3NO6/c1-18(32)37-23(14-28)17-36-26-24(29)12-20(13-25(26)30)27(2,3)19-4-6-22(7-5-19)35-16-21(33)15-31-8-10-34-11-9-31/h4-7,12-13,21,23,33H,8-11,14-17H2,1-3H3/t21-,23-/m1/s1. The average molecular weight is 575 g/mol. The summed E-state index contributed by atoms with van der Waals surface area (Å²) in [6, 6.07) is 11.4. The first-order chi connectivity index (χ1) is 17.6. The fourth-order valence-corrected chi connectivity index (χ4v) is 4.79. The van der Waals surface area contributed by atoms with Crippen LogP contribution in [0.4, 0.5) is 0 Å². The number of alkyl halides is 1. The number of benzene rings is 2. The number of nitrogens with zero attached hydrogens (tertiary/aromatic N) is 1. The highest BCUT2D eigenvalue weighted by molar-refractivity contribution is 6.37. The molecule has 7 nitrogen and oxygen atoms in total. The van der Waals surface area contributed by atoms with Gasteiger partial charge in [0.25, 0.3) is 0 Å². The second-order valence-electron chi connectivity index (χ2n) is 9.49. The molecule has 0 unspecified atom stereocenters. The van der Waals surface area contributed by atoms with E-state index < -0.39 is 23.6 Å². The van der Waals surface area contributed by atoms with Gasteiger partial charge in [0.05, 0.1) is 29.1 Å². The number of morpholine rings is 1. The van der Waals surface area contributed by atoms with Crippen LogP contribution in [0.5, 0.6) is 11.5 Å². The van der Waals surface area contributed by atoms with Crippen LogP contribution in [0.15, 0.2) is 36.4 Å². The second kappa shape index (κ2) is 13.9. The van der Waals surface area contributed by atoms with Gasteiger partial charge in [-0.25, -0.2) is 0 Å². The maximum Gasteiger partial charge on any atom is 0.303 e. The third kappa shape index (κ3) is 8.63. The summed E-state index contributed by atoms with van der Waals surface area (Å²) in [5.41, 5.74) is 1.52. The molecule has 3 rings (SSSR count). The highest BCUT2D eigenvalue weighted by Crippen LogP contribution is 2.40. The van der Waals surface area contributed by atoms with Gasteiger partial charge in [-0.2, -0.15) is 0 Å². The lowest BCUT2D eigenvalue weighted by Gasteiger charge is -2.28. The first-order valence-corrected chi connectivity index (χ1v) is 13.5. The van der Waals surface area contributed by atoms with Crippen molar-refractivity contribution in [2.45, 2.75) is 38.4 Å². The smallest absolute Gasteiger partial charge is 0.303 e. The zero-order chi connectivity index (χ0) is 27.0. The predicted octanol–water partition coefficient (Wildman–Crippen LogP) is 4.94. The predicted molar refractivity (Wildman–Crippen MR) is 146 cm³/mol. The van der Waals surface area contributed by atoms with Gasteiger partial charge < -0.3 is 24.1 Å². The van der Waals surface area contributed by atoms with Crippen molar-refractivity contribution in [2.24, 2.45) is 0 Å². The van der Waals surface area contributed by atoms with Crippen LogP contribution in [-0.2, 0) is 19.7 Å². The molecule has 0 radical (unpaired) electrons. The Morgan fingerprint density at radius 3 is 2.24 bits per heavy atom. The van der Waals surface area contributed by atoms with Crippen LogP contribution in [-0.4, -0.2) is 80.1 Å². The third-order valence-electron chi connectivity index (χ3n) is 6.23. The van der Waals surface area contributed by atoms with Gasteiger partial charge in [-0.3, -0.25) is 9.69 Å². The van der Waals surface area contributed by atoms with Crippen molar-refractivity contribution in [1.29, 1.82) is 0 Å². The average Bonchev–Trinajstić information content (AvgIpc) is 2.86. The minimum absolute atomic E-state index is 0.0356. The van der Waals surface area contributed by atoms with E-state index in [2.05, 4.69) is 18.7 Å². The van der Waals surface area contributed by atoms with Gasteiger partial charge in [-0.1, -0.05) is 49.2 Å². The number of aliphatic hydroxyl groups excluding tert-OH is 1. The summed E-state index contributed by atoms with van der Waals surface area (Å²) in [5.74, 6) is 0.641. The Hall–Kier alpha value is -1.74. The van der Waals surface area contributed by atoms with Gasteiger partial charge >= 0.3 is 5.97 Å². The van der Waals surface area contributed by atoms with Crippen molar-refractivity contribution in [1.82, 2.24) is 4.90 Å². The molecule has 0 amide bonds. The Bertz CT molecular complexity index is 1000. The zero-order valence-corrected chi connectivity index (χ0v) is 23.6. The minimum Gasteiger partial charge on any atom is -0.491 e. The molecule has 0 spiro atoms. The van der Waals surface area contributed by atoms with E-state index in [1.54, 1.807) is 0 Å². The largest absolute Gasteiger partial charge is 0.491 e. The minimum atomic E-state index is -0.608. The van der Waals surface area contributed by atoms with E-state index in [1.165, 1.54) is 6.92 Å². The SMILES string of the molecule is CC(=O)O[C@H](CCl)COc1c(Cl)cc(C(C)(C)c2ccc(OC[C@H](O)CN3CCOCC3)cc2)cc1Cl. The van der Waals surface area contributed by atoms with Gasteiger partial charge in [0.2, 0.25) is 0 Å². The molecule has 1 heterocycles. The normalized spacial score (nSPS) is 16.2. The number of carbonyl (C=O) groups is 1. The number of esters is 1. The van der Waals surface area contributed by atoms with E-state index in [9.17, 15) is 9.90 Å². The first-order valence-electron chi connectivity index (χ1n) is 12.2. The molecule has 10 heteroatoms. The summed E-state index contributed by atoms with van der Waals surface area (Å²) < 4.78 is 22.0. The van der Waals surface area contributed by atoms with Crippen LogP contribution in [0.2, 0.25) is 10.0 Å². The van der Waals surface area contributed by atoms with Crippen molar-refractivity contribution in [3.63, 3.8) is 0 Å². The van der Waals surface area contributed by atoms with Gasteiger partial charge in [-0.05, 0) is 35.4 Å². The molecule has 0 saturated carbocycles. The lowest BCUT2D eigenvalue weighted by atomic mass is 9.78. The van der Waals surface area contributed by atoms with E-state index in [1.807, 2.05) is 36.4 Å². The number of carbonyl (C=O) groups excluding carboxylic acids is 1. The Kier molecular flexibility index (Phi) is 11.2. The number of rotatable bonds is 12. The molecular formula is C27H34Cl3NO6. The van der Waals surface area contributed by atoms with Crippen LogP contribution in [0.1, 0.15) is 31.9 Å². The molecule has 2 atom stereocenters. The number of aliphatic hydroxyl groups is 1. The number of ether oxygens (including phenoxy) is 4. The summed E-state index contributed by atoms with van der Waals surface area (Å²) in [7, 11) is 0. The molecule has 1 aliphatic rings. The third-order valence-corrected chi connectivity index (χ3v) is 7.14. The Morgan fingerprint density at radius 1 is 1.05 bits per heavy atom. The summed E-state index contributed by atoms with van der Waals surface area (Å²) in [4.78, 5) is 13.4. The van der Waals surface area contributed by atoms with Gasteiger partial charge in [0.15, 0.2) is 5.75 Å². The fraction of sp³-hybridized carbons (Fsp3) is 0.519. The second-order valence-corrected chi connectivity index (χ2v) is 10.6. The monoisotopic (exact) mass is 573 g/mol. The van der Waals surface area contributed by atoms with Gasteiger partial charge in [-0.15, -0.1) is 11.6 Å². The number of halogens is 3. The lowest BCUT2D eigenvalue weighted by Crippen LogP contribution is -2.42. The highest BCUT2D eigenvalue weighted by atomic mass is 35.5.